The van der Waals surface area contributed by atoms with Crippen LogP contribution in [0.5, 0.6) is 0 Å². The van der Waals surface area contributed by atoms with Gasteiger partial charge in [0, 0.05) is 11.1 Å². The molecule has 0 atom stereocenters. The average Bonchev–Trinajstić information content (AvgIpc) is 2.53. The molecule has 0 heterocycles. The maximum Gasteiger partial charge on any atom is 0.269 e. The van der Waals surface area contributed by atoms with Crippen molar-refractivity contribution in [2.75, 3.05) is 0 Å². The molecule has 22 heavy (non-hydrogen) atoms. The second kappa shape index (κ2) is 6.85. The largest absolute Gasteiger partial charge is 0.269 e. The molecule has 0 saturated heterocycles. The summed E-state index contributed by atoms with van der Waals surface area (Å²) < 4.78 is 12.8. The first-order valence-corrected chi connectivity index (χ1v) is 6.93. The van der Waals surface area contributed by atoms with Crippen molar-refractivity contribution in [2.24, 2.45) is 0 Å². The van der Waals surface area contributed by atoms with E-state index in [1.165, 1.54) is 24.3 Å². The fourth-order valence-corrected chi connectivity index (χ4v) is 1.88. The number of benzene rings is 2. The molecule has 0 fully saturated rings. The van der Waals surface area contributed by atoms with Crippen molar-refractivity contribution < 1.29 is 14.0 Å². The monoisotopic (exact) mass is 300 g/mol. The summed E-state index contributed by atoms with van der Waals surface area (Å²) in [6.45, 7) is 4.13. The van der Waals surface area contributed by atoms with Crippen LogP contribution < -0.4 is 10.9 Å². The van der Waals surface area contributed by atoms with Gasteiger partial charge in [0.1, 0.15) is 5.82 Å². The fourth-order valence-electron chi connectivity index (χ4n) is 1.88. The van der Waals surface area contributed by atoms with Gasteiger partial charge in [0.25, 0.3) is 11.8 Å². The molecule has 0 aromatic heterocycles. The Morgan fingerprint density at radius 1 is 0.818 bits per heavy atom. The van der Waals surface area contributed by atoms with Crippen LogP contribution in [0.1, 0.15) is 46.0 Å². The summed E-state index contributed by atoms with van der Waals surface area (Å²) in [5, 5.41) is 0. The van der Waals surface area contributed by atoms with Gasteiger partial charge >= 0.3 is 0 Å². The van der Waals surface area contributed by atoms with Gasteiger partial charge in [0.15, 0.2) is 0 Å². The van der Waals surface area contributed by atoms with Crippen molar-refractivity contribution >= 4 is 11.8 Å². The summed E-state index contributed by atoms with van der Waals surface area (Å²) in [6.07, 6.45) is 0. The number of amides is 2. The number of carbonyl (C=O) groups is 2. The predicted octanol–water partition coefficient (Wildman–Crippen LogP) is 3.02. The van der Waals surface area contributed by atoms with Crippen LogP contribution in [0, 0.1) is 5.82 Å². The van der Waals surface area contributed by atoms with Crippen molar-refractivity contribution in [1.29, 1.82) is 0 Å². The van der Waals surface area contributed by atoms with Gasteiger partial charge in [0.2, 0.25) is 0 Å². The van der Waals surface area contributed by atoms with Gasteiger partial charge < -0.3 is 0 Å². The van der Waals surface area contributed by atoms with Crippen molar-refractivity contribution in [1.82, 2.24) is 10.9 Å². The molecule has 0 saturated carbocycles. The highest BCUT2D eigenvalue weighted by Gasteiger charge is 2.09. The Labute approximate surface area is 128 Å². The molecule has 0 aliphatic carbocycles. The topological polar surface area (TPSA) is 58.2 Å². The summed E-state index contributed by atoms with van der Waals surface area (Å²) in [5.74, 6) is -0.959. The van der Waals surface area contributed by atoms with E-state index < -0.39 is 17.6 Å². The van der Waals surface area contributed by atoms with Gasteiger partial charge in [-0.1, -0.05) is 26.0 Å². The second-order valence-electron chi connectivity index (χ2n) is 5.19. The first-order chi connectivity index (χ1) is 10.5. The lowest BCUT2D eigenvalue weighted by atomic mass is 10.0. The van der Waals surface area contributed by atoms with Crippen LogP contribution in [0.15, 0.2) is 48.5 Å². The van der Waals surface area contributed by atoms with E-state index in [9.17, 15) is 14.0 Å². The van der Waals surface area contributed by atoms with Crippen LogP contribution in [0.3, 0.4) is 0 Å². The number of hydrogen-bond donors (Lipinski definition) is 2. The molecule has 2 N–H and O–H groups in total. The first-order valence-electron chi connectivity index (χ1n) is 6.93. The summed E-state index contributed by atoms with van der Waals surface area (Å²) in [7, 11) is 0. The molecule has 2 amide bonds. The molecule has 2 aromatic carbocycles. The van der Waals surface area contributed by atoms with E-state index in [0.29, 0.717) is 11.5 Å². The highest BCUT2D eigenvalue weighted by molar-refractivity contribution is 5.99. The highest BCUT2D eigenvalue weighted by atomic mass is 19.1. The van der Waals surface area contributed by atoms with Crippen molar-refractivity contribution in [3.8, 4) is 0 Å². The zero-order valence-corrected chi connectivity index (χ0v) is 12.4. The summed E-state index contributed by atoms with van der Waals surface area (Å²) in [6, 6.07) is 12.2. The third-order valence-electron chi connectivity index (χ3n) is 3.24. The van der Waals surface area contributed by atoms with Gasteiger partial charge in [-0.2, -0.15) is 0 Å². The minimum atomic E-state index is -0.507. The zero-order valence-electron chi connectivity index (χ0n) is 12.4. The number of hydrogen-bond acceptors (Lipinski definition) is 2. The third-order valence-corrected chi connectivity index (χ3v) is 3.24. The van der Waals surface area contributed by atoms with Crippen LogP contribution in [-0.2, 0) is 0 Å². The molecule has 5 heteroatoms. The molecular formula is C17H17FN2O2. The molecule has 2 aromatic rings. The van der Waals surface area contributed by atoms with Crippen molar-refractivity contribution in [2.45, 2.75) is 19.8 Å². The van der Waals surface area contributed by atoms with Gasteiger partial charge in [-0.3, -0.25) is 20.4 Å². The second-order valence-corrected chi connectivity index (χ2v) is 5.19. The van der Waals surface area contributed by atoms with E-state index in [1.807, 2.05) is 12.1 Å². The maximum atomic E-state index is 12.8. The number of rotatable bonds is 3. The van der Waals surface area contributed by atoms with Gasteiger partial charge in [-0.15, -0.1) is 0 Å². The lowest BCUT2D eigenvalue weighted by Gasteiger charge is -2.09. The minimum Gasteiger partial charge on any atom is -0.267 e. The molecule has 0 aliphatic heterocycles. The van der Waals surface area contributed by atoms with Crippen LogP contribution >= 0.6 is 0 Å². The Hall–Kier alpha value is -2.69. The Morgan fingerprint density at radius 3 is 1.64 bits per heavy atom. The Kier molecular flexibility index (Phi) is 4.88. The Bertz CT molecular complexity index is 664. The van der Waals surface area contributed by atoms with E-state index in [0.717, 1.165) is 5.56 Å². The molecule has 0 radical (unpaired) electrons. The Morgan fingerprint density at radius 2 is 1.23 bits per heavy atom. The SMILES string of the molecule is CC(C)c1ccc(C(=O)NNC(=O)c2ccc(F)cc2)cc1. The molecule has 0 bridgehead atoms. The molecule has 0 aliphatic rings. The van der Waals surface area contributed by atoms with Crippen molar-refractivity contribution in [3.05, 3.63) is 71.0 Å². The normalized spacial score (nSPS) is 10.4. The lowest BCUT2D eigenvalue weighted by molar-refractivity contribution is 0.0846. The number of halogens is 1. The standard InChI is InChI=1S/C17H17FN2O2/c1-11(2)12-3-5-13(6-4-12)16(21)19-20-17(22)14-7-9-15(18)10-8-14/h3-11H,1-2H3,(H,19,21)(H,20,22). The summed E-state index contributed by atoms with van der Waals surface area (Å²) in [4.78, 5) is 23.7. The quantitative estimate of drug-likeness (QED) is 0.856. The first kappa shape index (κ1) is 15.7. The number of nitrogens with one attached hydrogen (secondary N) is 2. The van der Waals surface area contributed by atoms with Crippen LogP contribution in [0.25, 0.3) is 0 Å². The minimum absolute atomic E-state index is 0.261. The van der Waals surface area contributed by atoms with Crippen LogP contribution in [-0.4, -0.2) is 11.8 Å². The van der Waals surface area contributed by atoms with E-state index in [1.54, 1.807) is 12.1 Å². The zero-order chi connectivity index (χ0) is 16.1. The number of hydrazine groups is 1. The highest BCUT2D eigenvalue weighted by Crippen LogP contribution is 2.14. The smallest absolute Gasteiger partial charge is 0.267 e. The van der Waals surface area contributed by atoms with Gasteiger partial charge in [-0.05, 0) is 47.9 Å². The average molecular weight is 300 g/mol. The fraction of sp³-hybridized carbons (Fsp3) is 0.176. The van der Waals surface area contributed by atoms with E-state index in [2.05, 4.69) is 24.7 Å². The molecule has 4 nitrogen and oxygen atoms in total. The molecular weight excluding hydrogens is 283 g/mol. The van der Waals surface area contributed by atoms with Crippen molar-refractivity contribution in [3.63, 3.8) is 0 Å². The molecule has 114 valence electrons. The maximum absolute atomic E-state index is 12.8. The van der Waals surface area contributed by atoms with Gasteiger partial charge in [0.05, 0.1) is 0 Å². The summed E-state index contributed by atoms with van der Waals surface area (Å²) >= 11 is 0. The third kappa shape index (κ3) is 3.91. The lowest BCUT2D eigenvalue weighted by Crippen LogP contribution is -2.41. The molecule has 2 rings (SSSR count). The van der Waals surface area contributed by atoms with Crippen LogP contribution in [0.2, 0.25) is 0 Å². The molecule has 0 unspecified atom stereocenters. The predicted molar refractivity (Wildman–Crippen MR) is 81.9 cm³/mol. The van der Waals surface area contributed by atoms with E-state index in [-0.39, 0.29) is 5.56 Å². The summed E-state index contributed by atoms with van der Waals surface area (Å²) in [5.41, 5.74) is 6.46. The van der Waals surface area contributed by atoms with Crippen LogP contribution in [0.4, 0.5) is 4.39 Å². The number of carbonyl (C=O) groups excluding carboxylic acids is 2. The van der Waals surface area contributed by atoms with Gasteiger partial charge in [-0.25, -0.2) is 4.39 Å². The Balaban J connectivity index is 1.94. The van der Waals surface area contributed by atoms with E-state index >= 15 is 0 Å². The molecule has 0 spiro atoms. The van der Waals surface area contributed by atoms with E-state index in [4.69, 9.17) is 0 Å².